The predicted molar refractivity (Wildman–Crippen MR) is 63.1 cm³/mol. The van der Waals surface area contributed by atoms with Crippen molar-refractivity contribution in [3.63, 3.8) is 0 Å². The fraction of sp³-hybridized carbons (Fsp3) is 0.500. The third-order valence-electron chi connectivity index (χ3n) is 2.87. The summed E-state index contributed by atoms with van der Waals surface area (Å²) in [5, 5.41) is 2.76. The maximum absolute atomic E-state index is 11.4. The summed E-state index contributed by atoms with van der Waals surface area (Å²) < 4.78 is 10.2. The number of ether oxygens (including phenoxy) is 1. The van der Waals surface area contributed by atoms with Gasteiger partial charge in [0.1, 0.15) is 17.1 Å². The third kappa shape index (κ3) is 2.70. The molecular weight excluding hydrogens is 236 g/mol. The van der Waals surface area contributed by atoms with Crippen molar-refractivity contribution in [2.75, 3.05) is 26.7 Å². The molecule has 0 aromatic carbocycles. The third-order valence-corrected chi connectivity index (χ3v) is 2.87. The molecule has 0 unspecified atom stereocenters. The smallest absolute Gasteiger partial charge is 0.341 e. The number of nitrogens with zero attached hydrogens (tertiary/aromatic N) is 1. The monoisotopic (exact) mass is 252 g/mol. The molecule has 6 nitrogen and oxygen atoms in total. The standard InChI is InChI=1S/C12H16N2O4/c1-8-10(12(16)17-2)5-9(18-8)6-14-4-3-13-11(15)7-14/h5H,3-4,6-7H2,1-2H3,(H,13,15). The lowest BCUT2D eigenvalue weighted by Crippen LogP contribution is -2.47. The van der Waals surface area contributed by atoms with Crippen LogP contribution >= 0.6 is 0 Å². The van der Waals surface area contributed by atoms with Crippen LogP contribution in [-0.2, 0) is 16.1 Å². The van der Waals surface area contributed by atoms with E-state index in [1.807, 2.05) is 4.90 Å². The van der Waals surface area contributed by atoms with Crippen LogP contribution < -0.4 is 5.32 Å². The van der Waals surface area contributed by atoms with E-state index in [-0.39, 0.29) is 5.91 Å². The molecule has 98 valence electrons. The maximum atomic E-state index is 11.4. The van der Waals surface area contributed by atoms with Crippen LogP contribution in [0, 0.1) is 6.92 Å². The van der Waals surface area contributed by atoms with Gasteiger partial charge in [0.25, 0.3) is 0 Å². The van der Waals surface area contributed by atoms with E-state index in [2.05, 4.69) is 10.1 Å². The van der Waals surface area contributed by atoms with Crippen LogP contribution in [0.15, 0.2) is 10.5 Å². The SMILES string of the molecule is COC(=O)c1cc(CN2CCNC(=O)C2)oc1C. The maximum Gasteiger partial charge on any atom is 0.341 e. The van der Waals surface area contributed by atoms with Crippen LogP contribution in [0.3, 0.4) is 0 Å². The summed E-state index contributed by atoms with van der Waals surface area (Å²) in [5.74, 6) is 0.817. The molecule has 0 saturated carbocycles. The van der Waals surface area contributed by atoms with Crippen molar-refractivity contribution in [2.24, 2.45) is 0 Å². The first-order valence-electron chi connectivity index (χ1n) is 5.77. The molecule has 1 aromatic rings. The summed E-state index contributed by atoms with van der Waals surface area (Å²) >= 11 is 0. The minimum absolute atomic E-state index is 0.0118. The Hall–Kier alpha value is -1.82. The van der Waals surface area contributed by atoms with Gasteiger partial charge < -0.3 is 14.5 Å². The molecule has 0 bridgehead atoms. The van der Waals surface area contributed by atoms with Gasteiger partial charge in [-0.1, -0.05) is 0 Å². The molecule has 0 atom stereocenters. The Morgan fingerprint density at radius 1 is 1.61 bits per heavy atom. The van der Waals surface area contributed by atoms with E-state index in [0.717, 1.165) is 6.54 Å². The van der Waals surface area contributed by atoms with E-state index >= 15 is 0 Å². The number of furan rings is 1. The summed E-state index contributed by atoms with van der Waals surface area (Å²) in [6, 6.07) is 1.67. The Balaban J connectivity index is 2.05. The normalized spacial score (nSPS) is 16.4. The van der Waals surface area contributed by atoms with Crippen LogP contribution in [0.4, 0.5) is 0 Å². The van der Waals surface area contributed by atoms with Crippen molar-refractivity contribution in [2.45, 2.75) is 13.5 Å². The number of esters is 1. The molecule has 18 heavy (non-hydrogen) atoms. The van der Waals surface area contributed by atoms with E-state index in [1.54, 1.807) is 13.0 Å². The molecule has 2 heterocycles. The highest BCUT2D eigenvalue weighted by Crippen LogP contribution is 2.17. The number of hydrogen-bond acceptors (Lipinski definition) is 5. The zero-order valence-corrected chi connectivity index (χ0v) is 10.5. The van der Waals surface area contributed by atoms with E-state index in [0.29, 0.717) is 36.7 Å². The van der Waals surface area contributed by atoms with Gasteiger partial charge in [0.15, 0.2) is 0 Å². The molecule has 1 fully saturated rings. The van der Waals surface area contributed by atoms with Gasteiger partial charge >= 0.3 is 5.97 Å². The molecule has 1 amide bonds. The first kappa shape index (κ1) is 12.6. The largest absolute Gasteiger partial charge is 0.465 e. The lowest BCUT2D eigenvalue weighted by Gasteiger charge is -2.25. The molecule has 1 N–H and O–H groups in total. The molecule has 2 rings (SSSR count). The minimum Gasteiger partial charge on any atom is -0.465 e. The van der Waals surface area contributed by atoms with Crippen molar-refractivity contribution in [1.82, 2.24) is 10.2 Å². The van der Waals surface area contributed by atoms with Gasteiger partial charge in [-0.3, -0.25) is 9.69 Å². The van der Waals surface area contributed by atoms with Gasteiger partial charge in [0.05, 0.1) is 20.2 Å². The Bertz CT molecular complexity index is 467. The van der Waals surface area contributed by atoms with Crippen LogP contribution in [0.5, 0.6) is 0 Å². The zero-order valence-electron chi connectivity index (χ0n) is 10.5. The summed E-state index contributed by atoms with van der Waals surface area (Å²) in [5.41, 5.74) is 0.439. The zero-order chi connectivity index (χ0) is 13.1. The molecule has 1 aliphatic rings. The quantitative estimate of drug-likeness (QED) is 0.784. The first-order valence-corrected chi connectivity index (χ1v) is 5.77. The van der Waals surface area contributed by atoms with E-state index in [4.69, 9.17) is 4.42 Å². The van der Waals surface area contributed by atoms with Gasteiger partial charge in [0, 0.05) is 13.1 Å². The fourth-order valence-electron chi connectivity index (χ4n) is 1.98. The number of methoxy groups -OCH3 is 1. The average molecular weight is 252 g/mol. The number of carbonyl (C=O) groups is 2. The highest BCUT2D eigenvalue weighted by Gasteiger charge is 2.20. The summed E-state index contributed by atoms with van der Waals surface area (Å²) in [6.45, 7) is 4.01. The molecule has 6 heteroatoms. The van der Waals surface area contributed by atoms with Crippen LogP contribution in [-0.4, -0.2) is 43.5 Å². The highest BCUT2D eigenvalue weighted by molar-refractivity contribution is 5.90. The molecule has 0 spiro atoms. The second-order valence-corrected chi connectivity index (χ2v) is 4.23. The molecule has 1 aliphatic heterocycles. The van der Waals surface area contributed by atoms with Crippen LogP contribution in [0.2, 0.25) is 0 Å². The van der Waals surface area contributed by atoms with Crippen molar-refractivity contribution in [3.8, 4) is 0 Å². The second kappa shape index (κ2) is 5.22. The summed E-state index contributed by atoms with van der Waals surface area (Å²) in [7, 11) is 1.34. The van der Waals surface area contributed by atoms with Crippen LogP contribution in [0.1, 0.15) is 21.9 Å². The number of rotatable bonds is 3. The Morgan fingerprint density at radius 2 is 2.39 bits per heavy atom. The molecule has 1 saturated heterocycles. The van der Waals surface area contributed by atoms with Crippen LogP contribution in [0.25, 0.3) is 0 Å². The van der Waals surface area contributed by atoms with Gasteiger partial charge in [-0.2, -0.15) is 0 Å². The second-order valence-electron chi connectivity index (χ2n) is 4.23. The Labute approximate surface area is 105 Å². The number of hydrogen-bond donors (Lipinski definition) is 1. The topological polar surface area (TPSA) is 71.8 Å². The molecule has 1 aromatic heterocycles. The fourth-order valence-corrected chi connectivity index (χ4v) is 1.98. The number of aryl methyl sites for hydroxylation is 1. The number of piperazine rings is 1. The van der Waals surface area contributed by atoms with Crippen molar-refractivity contribution < 1.29 is 18.7 Å². The number of amides is 1. The Kier molecular flexibility index (Phi) is 3.66. The lowest BCUT2D eigenvalue weighted by atomic mass is 10.2. The van der Waals surface area contributed by atoms with Crippen molar-refractivity contribution >= 4 is 11.9 Å². The predicted octanol–water partition coefficient (Wildman–Crippen LogP) is 0.306. The molecule has 0 aliphatic carbocycles. The Morgan fingerprint density at radius 3 is 3.06 bits per heavy atom. The minimum atomic E-state index is -0.404. The van der Waals surface area contributed by atoms with Gasteiger partial charge in [-0.15, -0.1) is 0 Å². The van der Waals surface area contributed by atoms with Crippen molar-refractivity contribution in [1.29, 1.82) is 0 Å². The lowest BCUT2D eigenvalue weighted by molar-refractivity contribution is -0.124. The van der Waals surface area contributed by atoms with Gasteiger partial charge in [-0.25, -0.2) is 4.79 Å². The first-order chi connectivity index (χ1) is 8.60. The van der Waals surface area contributed by atoms with Gasteiger partial charge in [0.2, 0.25) is 5.91 Å². The van der Waals surface area contributed by atoms with Crippen molar-refractivity contribution in [3.05, 3.63) is 23.2 Å². The average Bonchev–Trinajstić information content (AvgIpc) is 2.69. The van der Waals surface area contributed by atoms with E-state index in [9.17, 15) is 9.59 Å². The van der Waals surface area contributed by atoms with E-state index in [1.165, 1.54) is 7.11 Å². The number of carbonyl (C=O) groups excluding carboxylic acids is 2. The number of nitrogens with one attached hydrogen (secondary N) is 1. The van der Waals surface area contributed by atoms with E-state index < -0.39 is 5.97 Å². The summed E-state index contributed by atoms with van der Waals surface area (Å²) in [4.78, 5) is 24.6. The summed E-state index contributed by atoms with van der Waals surface area (Å²) in [6.07, 6.45) is 0. The molecular formula is C12H16N2O4. The highest BCUT2D eigenvalue weighted by atomic mass is 16.5. The molecule has 0 radical (unpaired) electrons. The van der Waals surface area contributed by atoms with Gasteiger partial charge in [-0.05, 0) is 13.0 Å².